The van der Waals surface area contributed by atoms with Crippen molar-refractivity contribution in [1.82, 2.24) is 25.1 Å². The van der Waals surface area contributed by atoms with Crippen LogP contribution in [0.4, 0.5) is 5.69 Å². The molecule has 0 spiro atoms. The molecule has 0 atom stereocenters. The molecule has 0 radical (unpaired) electrons. The number of hydrogen-bond acceptors (Lipinski definition) is 5. The Hall–Kier alpha value is -3.81. The number of amides is 1. The van der Waals surface area contributed by atoms with Gasteiger partial charge in [0.1, 0.15) is 18.7 Å². The van der Waals surface area contributed by atoms with E-state index in [1.165, 1.54) is 0 Å². The van der Waals surface area contributed by atoms with Crippen LogP contribution in [0.5, 0.6) is 0 Å². The predicted octanol–water partition coefficient (Wildman–Crippen LogP) is 3.90. The Labute approximate surface area is 194 Å². The number of carbonyl (C=O) groups excluding carboxylic acids is 1. The van der Waals surface area contributed by atoms with Crippen molar-refractivity contribution < 1.29 is 9.37 Å². The molecule has 2 aliphatic rings. The first-order valence-electron chi connectivity index (χ1n) is 11.1. The van der Waals surface area contributed by atoms with Crippen molar-refractivity contribution in [2.45, 2.75) is 39.7 Å². The van der Waals surface area contributed by atoms with Crippen LogP contribution >= 0.6 is 0 Å². The van der Waals surface area contributed by atoms with Crippen LogP contribution in [0.1, 0.15) is 56.0 Å². The summed E-state index contributed by atoms with van der Waals surface area (Å²) in [4.78, 5) is 19.4. The summed E-state index contributed by atoms with van der Waals surface area (Å²) in [6.07, 6.45) is 13.2. The van der Waals surface area contributed by atoms with Gasteiger partial charge in [-0.05, 0) is 44.1 Å². The van der Waals surface area contributed by atoms with Gasteiger partial charge in [0.05, 0.1) is 11.9 Å². The number of aromatic nitrogens is 4. The maximum atomic E-state index is 13.0. The Morgan fingerprint density at radius 2 is 2.15 bits per heavy atom. The third-order valence-corrected chi connectivity index (χ3v) is 5.61. The van der Waals surface area contributed by atoms with E-state index in [-0.39, 0.29) is 5.91 Å². The van der Waals surface area contributed by atoms with E-state index in [2.05, 4.69) is 58.7 Å². The van der Waals surface area contributed by atoms with E-state index in [9.17, 15) is 4.79 Å². The van der Waals surface area contributed by atoms with E-state index < -0.39 is 0 Å². The molecule has 0 saturated heterocycles. The monoisotopic (exact) mass is 444 g/mol. The molecule has 2 aromatic rings. The zero-order valence-corrected chi connectivity index (χ0v) is 19.4. The lowest BCUT2D eigenvalue weighted by Gasteiger charge is -2.13. The third kappa shape index (κ3) is 5.00. The van der Waals surface area contributed by atoms with E-state index in [4.69, 9.17) is 0 Å². The van der Waals surface area contributed by atoms with Gasteiger partial charge in [0.25, 0.3) is 5.91 Å². The molecule has 1 aliphatic carbocycles. The van der Waals surface area contributed by atoms with E-state index in [0.29, 0.717) is 41.4 Å². The van der Waals surface area contributed by atoms with Gasteiger partial charge in [0.2, 0.25) is 12.4 Å². The molecule has 0 aromatic carbocycles. The van der Waals surface area contributed by atoms with Crippen LogP contribution in [-0.2, 0) is 0 Å². The molecule has 8 nitrogen and oxygen atoms in total. The maximum Gasteiger partial charge on any atom is 0.274 e. The van der Waals surface area contributed by atoms with Crippen molar-refractivity contribution in [2.75, 3.05) is 11.6 Å². The first-order valence-corrected chi connectivity index (χ1v) is 11.1. The lowest BCUT2D eigenvalue weighted by molar-refractivity contribution is -0.463. The van der Waals surface area contributed by atoms with Crippen LogP contribution in [0.15, 0.2) is 67.1 Å². The minimum atomic E-state index is -0.295. The Bertz CT molecular complexity index is 1180. The van der Waals surface area contributed by atoms with Crippen molar-refractivity contribution in [2.24, 2.45) is 5.92 Å². The second-order valence-corrected chi connectivity index (χ2v) is 8.63. The molecule has 4 rings (SSSR count). The lowest BCUT2D eigenvalue weighted by Crippen LogP contribution is -2.24. The molecule has 1 fully saturated rings. The van der Waals surface area contributed by atoms with Crippen molar-refractivity contribution in [3.05, 3.63) is 78.6 Å². The van der Waals surface area contributed by atoms with Crippen LogP contribution in [0.2, 0.25) is 0 Å². The fourth-order valence-electron chi connectivity index (χ4n) is 3.79. The van der Waals surface area contributed by atoms with Gasteiger partial charge in [-0.3, -0.25) is 14.7 Å². The van der Waals surface area contributed by atoms with E-state index in [0.717, 1.165) is 24.2 Å². The van der Waals surface area contributed by atoms with Gasteiger partial charge in [-0.2, -0.15) is 4.58 Å². The van der Waals surface area contributed by atoms with Gasteiger partial charge < -0.3 is 9.88 Å². The van der Waals surface area contributed by atoms with Gasteiger partial charge in [-0.25, -0.2) is 0 Å². The number of carbonyl (C=O) groups is 1. The zero-order valence-electron chi connectivity index (χ0n) is 19.4. The quantitative estimate of drug-likeness (QED) is 0.494. The Morgan fingerprint density at radius 1 is 1.36 bits per heavy atom. The SMILES string of the molecule is C=C(C=C(C=CC)NC(=O)c1cc(N2C=C(C(C)C)[N+](=C)C2)ccn1)c1nncn1C1CC1. The summed E-state index contributed by atoms with van der Waals surface area (Å²) in [6, 6.07) is 4.12. The number of rotatable bonds is 8. The maximum absolute atomic E-state index is 13.0. The summed E-state index contributed by atoms with van der Waals surface area (Å²) >= 11 is 0. The van der Waals surface area contributed by atoms with Crippen LogP contribution in [0.3, 0.4) is 0 Å². The molecule has 1 amide bonds. The molecular formula is C25H30N7O+. The number of hydrogen-bond donors (Lipinski definition) is 1. The van der Waals surface area contributed by atoms with E-state index in [1.54, 1.807) is 18.6 Å². The number of anilines is 1. The van der Waals surface area contributed by atoms with Crippen molar-refractivity contribution in [3.8, 4) is 0 Å². The minimum absolute atomic E-state index is 0.295. The van der Waals surface area contributed by atoms with Crippen molar-refractivity contribution in [3.63, 3.8) is 0 Å². The third-order valence-electron chi connectivity index (χ3n) is 5.61. The molecule has 8 heteroatoms. The Morgan fingerprint density at radius 3 is 2.82 bits per heavy atom. The Balaban J connectivity index is 1.52. The zero-order chi connectivity index (χ0) is 23.5. The number of allylic oxidation sites excluding steroid dienone is 5. The largest absolute Gasteiger partial charge is 0.321 e. The summed E-state index contributed by atoms with van der Waals surface area (Å²) in [5.41, 5.74) is 3.66. The van der Waals surface area contributed by atoms with Gasteiger partial charge in [0.15, 0.2) is 5.82 Å². The highest BCUT2D eigenvalue weighted by Crippen LogP contribution is 2.36. The highest BCUT2D eigenvalue weighted by atomic mass is 16.1. The molecule has 2 aromatic heterocycles. The summed E-state index contributed by atoms with van der Waals surface area (Å²) in [6.45, 7) is 15.0. The van der Waals surface area contributed by atoms with Crippen molar-refractivity contribution >= 4 is 23.9 Å². The summed E-state index contributed by atoms with van der Waals surface area (Å²) in [5, 5.41) is 11.2. The highest BCUT2D eigenvalue weighted by Gasteiger charge is 2.28. The van der Waals surface area contributed by atoms with Crippen LogP contribution in [0.25, 0.3) is 5.57 Å². The predicted molar refractivity (Wildman–Crippen MR) is 130 cm³/mol. The fraction of sp³-hybridized carbons (Fsp3) is 0.320. The molecule has 1 aliphatic heterocycles. The second kappa shape index (κ2) is 9.36. The standard InChI is InChI=1S/C25H29N7O/c1-6-7-19(12-18(4)24-29-27-15-32(24)20-8-9-20)28-25(33)22-13-21(10-11-26-22)31-14-23(17(2)3)30(5)16-31/h6-7,10-15,17,20H,4-5,8-9,16H2,1-3H3/p+1. The topological polar surface area (TPSA) is 79.0 Å². The molecule has 170 valence electrons. The summed E-state index contributed by atoms with van der Waals surface area (Å²) < 4.78 is 4.00. The van der Waals surface area contributed by atoms with Crippen LogP contribution < -0.4 is 10.2 Å². The van der Waals surface area contributed by atoms with Gasteiger partial charge in [0, 0.05) is 29.4 Å². The molecule has 3 heterocycles. The summed E-state index contributed by atoms with van der Waals surface area (Å²) in [7, 11) is 0. The average Bonchev–Trinajstić information content (AvgIpc) is 3.37. The molecule has 33 heavy (non-hydrogen) atoms. The Kier molecular flexibility index (Phi) is 6.35. The lowest BCUT2D eigenvalue weighted by atomic mass is 10.1. The van der Waals surface area contributed by atoms with Crippen molar-refractivity contribution in [1.29, 1.82) is 0 Å². The van der Waals surface area contributed by atoms with Gasteiger partial charge in [-0.15, -0.1) is 10.2 Å². The molecule has 1 N–H and O–H groups in total. The highest BCUT2D eigenvalue weighted by molar-refractivity contribution is 5.95. The second-order valence-electron chi connectivity index (χ2n) is 8.63. The van der Waals surface area contributed by atoms with E-state index in [1.807, 2.05) is 40.4 Å². The smallest absolute Gasteiger partial charge is 0.274 e. The number of pyridine rings is 1. The number of nitrogens with zero attached hydrogens (tertiary/aromatic N) is 6. The minimum Gasteiger partial charge on any atom is -0.321 e. The van der Waals surface area contributed by atoms with E-state index >= 15 is 0 Å². The molecular weight excluding hydrogens is 414 g/mol. The molecule has 1 saturated carbocycles. The fourth-order valence-corrected chi connectivity index (χ4v) is 3.79. The first kappa shape index (κ1) is 22.4. The number of nitrogens with one attached hydrogen (secondary N) is 1. The molecule has 0 bridgehead atoms. The normalized spacial score (nSPS) is 16.6. The van der Waals surface area contributed by atoms with Gasteiger partial charge in [-0.1, -0.05) is 26.5 Å². The first-order chi connectivity index (χ1) is 15.9. The molecule has 0 unspecified atom stereocenters. The van der Waals surface area contributed by atoms with Crippen LogP contribution in [0, 0.1) is 5.92 Å². The average molecular weight is 445 g/mol. The van der Waals surface area contributed by atoms with Gasteiger partial charge >= 0.3 is 0 Å². The van der Waals surface area contributed by atoms with Crippen LogP contribution in [-0.4, -0.2) is 43.6 Å². The summed E-state index contributed by atoms with van der Waals surface area (Å²) in [5.74, 6) is 0.786.